The maximum atomic E-state index is 11.9. The predicted octanol–water partition coefficient (Wildman–Crippen LogP) is 2.36. The van der Waals surface area contributed by atoms with Crippen molar-refractivity contribution >= 4 is 9.84 Å². The van der Waals surface area contributed by atoms with E-state index in [1.807, 2.05) is 26.0 Å². The van der Waals surface area contributed by atoms with Gasteiger partial charge in [-0.3, -0.25) is 4.98 Å². The first-order valence-electron chi connectivity index (χ1n) is 9.20. The Balaban J connectivity index is 1.58. The summed E-state index contributed by atoms with van der Waals surface area (Å²) < 4.78 is 31.5. The summed E-state index contributed by atoms with van der Waals surface area (Å²) in [6.07, 6.45) is 3.59. The fourth-order valence-corrected chi connectivity index (χ4v) is 5.06. The van der Waals surface area contributed by atoms with Gasteiger partial charge in [-0.25, -0.2) is 18.1 Å². The summed E-state index contributed by atoms with van der Waals surface area (Å²) >= 11 is 0. The second-order valence-electron chi connectivity index (χ2n) is 7.20. The molecule has 0 N–H and O–H groups in total. The Morgan fingerprint density at radius 1 is 1.23 bits per heavy atom. The number of pyridine rings is 1. The lowest BCUT2D eigenvalue weighted by Gasteiger charge is -2.13. The van der Waals surface area contributed by atoms with E-state index in [9.17, 15) is 8.42 Å². The van der Waals surface area contributed by atoms with E-state index in [0.717, 1.165) is 42.2 Å². The topological polar surface area (TPSA) is 87.0 Å². The molecule has 2 fully saturated rings. The Labute approximate surface area is 153 Å². The molecule has 140 valence electrons. The molecule has 2 aromatic rings. The molecule has 1 aliphatic carbocycles. The quantitative estimate of drug-likeness (QED) is 0.769. The van der Waals surface area contributed by atoms with Gasteiger partial charge >= 0.3 is 0 Å². The molecule has 8 heteroatoms. The third-order valence-electron chi connectivity index (χ3n) is 4.98. The molecule has 4 rings (SSSR count). The molecule has 0 spiro atoms. The minimum atomic E-state index is -2.98. The van der Waals surface area contributed by atoms with Crippen LogP contribution in [0.25, 0.3) is 0 Å². The Morgan fingerprint density at radius 3 is 2.69 bits per heavy atom. The van der Waals surface area contributed by atoms with Crippen molar-refractivity contribution in [2.24, 2.45) is 0 Å². The Kier molecular flexibility index (Phi) is 4.46. The van der Waals surface area contributed by atoms with Crippen molar-refractivity contribution in [1.29, 1.82) is 0 Å². The Morgan fingerprint density at radius 2 is 2.04 bits per heavy atom. The molecule has 1 atom stereocenters. The predicted molar refractivity (Wildman–Crippen MR) is 97.0 cm³/mol. The van der Waals surface area contributed by atoms with Crippen LogP contribution in [0.4, 0.5) is 0 Å². The number of aromatic nitrogens is 4. The van der Waals surface area contributed by atoms with E-state index in [4.69, 9.17) is 4.74 Å². The summed E-state index contributed by atoms with van der Waals surface area (Å²) in [4.78, 5) is 9.18. The minimum Gasteiger partial charge on any atom is -0.484 e. The van der Waals surface area contributed by atoms with Gasteiger partial charge < -0.3 is 4.74 Å². The number of ether oxygens (including phenoxy) is 1. The molecule has 2 aliphatic rings. The van der Waals surface area contributed by atoms with Crippen molar-refractivity contribution in [3.63, 3.8) is 0 Å². The van der Waals surface area contributed by atoms with Gasteiger partial charge in [0.1, 0.15) is 12.4 Å². The number of hydrogen-bond donors (Lipinski definition) is 0. The first-order chi connectivity index (χ1) is 12.4. The summed E-state index contributed by atoms with van der Waals surface area (Å²) in [5.41, 5.74) is 1.88. The van der Waals surface area contributed by atoms with Crippen LogP contribution in [0, 0.1) is 6.92 Å². The smallest absolute Gasteiger partial charge is 0.165 e. The monoisotopic (exact) mass is 376 g/mol. The van der Waals surface area contributed by atoms with Gasteiger partial charge in [0.25, 0.3) is 0 Å². The van der Waals surface area contributed by atoms with Crippen LogP contribution in [0.15, 0.2) is 12.1 Å². The number of hydrogen-bond acceptors (Lipinski definition) is 6. The second kappa shape index (κ2) is 6.64. The van der Waals surface area contributed by atoms with Crippen LogP contribution < -0.4 is 4.74 Å². The van der Waals surface area contributed by atoms with Crippen molar-refractivity contribution in [3.8, 4) is 5.75 Å². The van der Waals surface area contributed by atoms with Gasteiger partial charge in [0.05, 0.1) is 23.2 Å². The van der Waals surface area contributed by atoms with Gasteiger partial charge in [-0.15, -0.1) is 0 Å². The first-order valence-corrected chi connectivity index (χ1v) is 11.0. The maximum absolute atomic E-state index is 11.9. The van der Waals surface area contributed by atoms with Gasteiger partial charge in [0.2, 0.25) is 0 Å². The highest BCUT2D eigenvalue weighted by atomic mass is 32.2. The molecular weight excluding hydrogens is 352 g/mol. The van der Waals surface area contributed by atoms with Gasteiger partial charge in [0.15, 0.2) is 21.5 Å². The molecule has 1 saturated heterocycles. The molecule has 0 radical (unpaired) electrons. The maximum Gasteiger partial charge on any atom is 0.165 e. The number of rotatable bonds is 6. The zero-order chi connectivity index (χ0) is 18.3. The Bertz CT molecular complexity index is 919. The molecule has 2 aromatic heterocycles. The molecule has 1 unspecified atom stereocenters. The van der Waals surface area contributed by atoms with E-state index >= 15 is 0 Å². The van der Waals surface area contributed by atoms with Crippen LogP contribution in [0.2, 0.25) is 0 Å². The van der Waals surface area contributed by atoms with Crippen molar-refractivity contribution < 1.29 is 13.2 Å². The zero-order valence-electron chi connectivity index (χ0n) is 15.2. The molecule has 3 heterocycles. The summed E-state index contributed by atoms with van der Waals surface area (Å²) in [5.74, 6) is 3.06. The van der Waals surface area contributed by atoms with E-state index in [-0.39, 0.29) is 24.2 Å². The van der Waals surface area contributed by atoms with E-state index in [1.165, 1.54) is 0 Å². The van der Waals surface area contributed by atoms with E-state index in [2.05, 4.69) is 15.1 Å². The van der Waals surface area contributed by atoms with Crippen LogP contribution in [0.3, 0.4) is 0 Å². The minimum absolute atomic E-state index is 0.139. The largest absolute Gasteiger partial charge is 0.484 e. The normalized spacial score (nSPS) is 21.8. The SMILES string of the molecule is CCc1nc(C)ccc1OCc1nc(C2CC2)nn1C1CCS(=O)(=O)C1. The zero-order valence-corrected chi connectivity index (χ0v) is 16.0. The van der Waals surface area contributed by atoms with Crippen LogP contribution >= 0.6 is 0 Å². The van der Waals surface area contributed by atoms with Crippen LogP contribution in [0.5, 0.6) is 5.75 Å². The second-order valence-corrected chi connectivity index (χ2v) is 9.43. The molecular formula is C18H24N4O3S. The average molecular weight is 376 g/mol. The molecule has 26 heavy (non-hydrogen) atoms. The molecule has 7 nitrogen and oxygen atoms in total. The van der Waals surface area contributed by atoms with Gasteiger partial charge in [-0.1, -0.05) is 6.92 Å². The fraction of sp³-hybridized carbons (Fsp3) is 0.611. The van der Waals surface area contributed by atoms with E-state index in [0.29, 0.717) is 18.2 Å². The number of nitrogens with zero attached hydrogens (tertiary/aromatic N) is 4. The third-order valence-corrected chi connectivity index (χ3v) is 6.73. The Hall–Kier alpha value is -1.96. The lowest BCUT2D eigenvalue weighted by atomic mass is 10.2. The van der Waals surface area contributed by atoms with Crippen molar-refractivity contribution in [1.82, 2.24) is 19.7 Å². The van der Waals surface area contributed by atoms with Crippen LogP contribution in [-0.4, -0.2) is 39.7 Å². The molecule has 0 bridgehead atoms. The summed E-state index contributed by atoms with van der Waals surface area (Å²) in [6.45, 7) is 4.28. The third kappa shape index (κ3) is 3.60. The highest BCUT2D eigenvalue weighted by molar-refractivity contribution is 7.91. The van der Waals surface area contributed by atoms with Crippen molar-refractivity contribution in [2.75, 3.05) is 11.5 Å². The van der Waals surface area contributed by atoms with Crippen molar-refractivity contribution in [3.05, 3.63) is 35.2 Å². The molecule has 1 aliphatic heterocycles. The van der Waals surface area contributed by atoms with Crippen LogP contribution in [-0.2, 0) is 22.9 Å². The first kappa shape index (κ1) is 17.5. The lowest BCUT2D eigenvalue weighted by Crippen LogP contribution is -2.17. The van der Waals surface area contributed by atoms with Gasteiger partial charge in [0, 0.05) is 11.6 Å². The van der Waals surface area contributed by atoms with Gasteiger partial charge in [-0.05, 0) is 44.7 Å². The lowest BCUT2D eigenvalue weighted by molar-refractivity contribution is 0.277. The molecule has 0 amide bonds. The molecule has 1 saturated carbocycles. The average Bonchev–Trinajstić information content (AvgIpc) is 3.27. The highest BCUT2D eigenvalue weighted by Crippen LogP contribution is 2.39. The summed E-state index contributed by atoms with van der Waals surface area (Å²) in [6, 6.07) is 3.72. The fourth-order valence-electron chi connectivity index (χ4n) is 3.37. The van der Waals surface area contributed by atoms with Crippen LogP contribution in [0.1, 0.15) is 61.2 Å². The standard InChI is InChI=1S/C18H24N4O3S/c1-3-15-16(7-4-12(2)19-15)25-10-17-20-18(13-5-6-13)21-22(17)14-8-9-26(23,24)11-14/h4,7,13-14H,3,5-6,8-11H2,1-2H3. The van der Waals surface area contributed by atoms with Crippen molar-refractivity contribution in [2.45, 2.75) is 58.1 Å². The highest BCUT2D eigenvalue weighted by Gasteiger charge is 2.34. The van der Waals surface area contributed by atoms with Gasteiger partial charge in [-0.2, -0.15) is 5.10 Å². The number of aryl methyl sites for hydroxylation is 2. The molecule has 0 aromatic carbocycles. The summed E-state index contributed by atoms with van der Waals surface area (Å²) in [5, 5.41) is 4.63. The van der Waals surface area contributed by atoms with E-state index < -0.39 is 9.84 Å². The van der Waals surface area contributed by atoms with E-state index in [1.54, 1.807) is 4.68 Å². The number of sulfone groups is 1. The summed E-state index contributed by atoms with van der Waals surface area (Å²) in [7, 11) is -2.98.